The Bertz CT molecular complexity index is 261. The van der Waals surface area contributed by atoms with E-state index in [1.165, 1.54) is 12.8 Å². The maximum Gasteiger partial charge on any atom is 0.151 e. The molecule has 78 valence electrons. The average molecular weight is 214 g/mol. The van der Waals surface area contributed by atoms with Gasteiger partial charge >= 0.3 is 0 Å². The summed E-state index contributed by atoms with van der Waals surface area (Å²) in [6.45, 7) is 4.33. The van der Waals surface area contributed by atoms with Gasteiger partial charge in [0.15, 0.2) is 5.15 Å². The van der Waals surface area contributed by atoms with Crippen molar-refractivity contribution < 1.29 is 0 Å². The Morgan fingerprint density at radius 1 is 1.43 bits per heavy atom. The van der Waals surface area contributed by atoms with Crippen molar-refractivity contribution in [2.45, 2.75) is 39.2 Å². The van der Waals surface area contributed by atoms with Gasteiger partial charge in [0.2, 0.25) is 0 Å². The summed E-state index contributed by atoms with van der Waals surface area (Å²) in [6, 6.07) is 4.02. The zero-order chi connectivity index (χ0) is 10.4. The van der Waals surface area contributed by atoms with E-state index in [-0.39, 0.29) is 0 Å². The molecule has 1 rings (SSSR count). The molecule has 0 bridgehead atoms. The lowest BCUT2D eigenvalue weighted by atomic mass is 10.1. The van der Waals surface area contributed by atoms with Crippen LogP contribution in [0.4, 0.5) is 5.82 Å². The fraction of sp³-hybridized carbons (Fsp3) is 0.600. The minimum absolute atomic E-state index is 0.428. The molecule has 4 heteroatoms. The van der Waals surface area contributed by atoms with Crippen molar-refractivity contribution in [2.75, 3.05) is 5.32 Å². The molecule has 0 amide bonds. The van der Waals surface area contributed by atoms with Crippen LogP contribution in [0.1, 0.15) is 33.1 Å². The Morgan fingerprint density at radius 2 is 2.21 bits per heavy atom. The quantitative estimate of drug-likeness (QED) is 0.817. The minimum atomic E-state index is 0.428. The van der Waals surface area contributed by atoms with Crippen molar-refractivity contribution in [3.05, 3.63) is 17.3 Å². The van der Waals surface area contributed by atoms with Crippen molar-refractivity contribution in [1.29, 1.82) is 0 Å². The lowest BCUT2D eigenvalue weighted by Gasteiger charge is -2.12. The normalized spacial score (nSPS) is 12.5. The maximum absolute atomic E-state index is 5.63. The molecular formula is C10H16ClN3. The second-order valence-electron chi connectivity index (χ2n) is 3.43. The summed E-state index contributed by atoms with van der Waals surface area (Å²) in [5, 5.41) is 11.4. The number of aromatic nitrogens is 2. The van der Waals surface area contributed by atoms with Gasteiger partial charge in [0.25, 0.3) is 0 Å². The third kappa shape index (κ3) is 3.92. The molecule has 0 aliphatic heterocycles. The Balaban J connectivity index is 2.39. The van der Waals surface area contributed by atoms with E-state index in [2.05, 4.69) is 29.4 Å². The van der Waals surface area contributed by atoms with E-state index in [4.69, 9.17) is 11.6 Å². The third-order valence-corrected chi connectivity index (χ3v) is 2.22. The lowest BCUT2D eigenvalue weighted by molar-refractivity contribution is 0.642. The maximum atomic E-state index is 5.63. The number of nitrogens with one attached hydrogen (secondary N) is 1. The van der Waals surface area contributed by atoms with Crippen LogP contribution >= 0.6 is 11.6 Å². The number of hydrogen-bond donors (Lipinski definition) is 1. The van der Waals surface area contributed by atoms with E-state index in [0.29, 0.717) is 11.2 Å². The number of nitrogens with zero attached hydrogens (tertiary/aromatic N) is 2. The fourth-order valence-electron chi connectivity index (χ4n) is 1.23. The number of rotatable bonds is 5. The summed E-state index contributed by atoms with van der Waals surface area (Å²) in [5.41, 5.74) is 0. The molecule has 1 aromatic heterocycles. The van der Waals surface area contributed by atoms with E-state index < -0.39 is 0 Å². The molecule has 0 radical (unpaired) electrons. The first-order chi connectivity index (χ1) is 6.72. The second kappa shape index (κ2) is 5.81. The van der Waals surface area contributed by atoms with Gasteiger partial charge in [-0.05, 0) is 25.5 Å². The monoisotopic (exact) mass is 213 g/mol. The van der Waals surface area contributed by atoms with Crippen molar-refractivity contribution in [2.24, 2.45) is 0 Å². The van der Waals surface area contributed by atoms with Crippen molar-refractivity contribution in [1.82, 2.24) is 10.2 Å². The van der Waals surface area contributed by atoms with E-state index in [1.807, 2.05) is 6.07 Å². The molecule has 1 N–H and O–H groups in total. The number of halogens is 1. The highest BCUT2D eigenvalue weighted by atomic mass is 35.5. The number of unbranched alkanes of at least 4 members (excludes halogenated alkanes) is 1. The van der Waals surface area contributed by atoms with Crippen LogP contribution in [0, 0.1) is 0 Å². The Morgan fingerprint density at radius 3 is 2.79 bits per heavy atom. The minimum Gasteiger partial charge on any atom is -0.366 e. The fourth-order valence-corrected chi connectivity index (χ4v) is 1.33. The van der Waals surface area contributed by atoms with Crippen LogP contribution in [0.2, 0.25) is 5.15 Å². The molecular weight excluding hydrogens is 198 g/mol. The van der Waals surface area contributed by atoms with E-state index in [1.54, 1.807) is 6.07 Å². The van der Waals surface area contributed by atoms with Crippen molar-refractivity contribution in [3.8, 4) is 0 Å². The molecule has 0 fully saturated rings. The van der Waals surface area contributed by atoms with Crippen LogP contribution < -0.4 is 5.32 Å². The molecule has 0 saturated carbocycles. The predicted octanol–water partition coefficient (Wildman–Crippen LogP) is 3.12. The highest BCUT2D eigenvalue weighted by Crippen LogP contribution is 2.09. The molecule has 0 spiro atoms. The first-order valence-corrected chi connectivity index (χ1v) is 5.36. The zero-order valence-electron chi connectivity index (χ0n) is 8.63. The van der Waals surface area contributed by atoms with E-state index in [9.17, 15) is 0 Å². The van der Waals surface area contributed by atoms with Crippen LogP contribution in [0.15, 0.2) is 12.1 Å². The van der Waals surface area contributed by atoms with Crippen molar-refractivity contribution in [3.63, 3.8) is 0 Å². The lowest BCUT2D eigenvalue weighted by Crippen LogP contribution is -2.15. The van der Waals surface area contributed by atoms with E-state index in [0.717, 1.165) is 12.2 Å². The van der Waals surface area contributed by atoms with Crippen LogP contribution in [-0.2, 0) is 0 Å². The first-order valence-electron chi connectivity index (χ1n) is 4.98. The molecule has 0 saturated heterocycles. The summed E-state index contributed by atoms with van der Waals surface area (Å²) in [4.78, 5) is 0. The zero-order valence-corrected chi connectivity index (χ0v) is 9.38. The molecule has 14 heavy (non-hydrogen) atoms. The summed E-state index contributed by atoms with van der Waals surface area (Å²) < 4.78 is 0. The van der Waals surface area contributed by atoms with Gasteiger partial charge < -0.3 is 5.32 Å². The molecule has 1 aromatic rings. The Labute approximate surface area is 89.9 Å². The van der Waals surface area contributed by atoms with Gasteiger partial charge in [-0.2, -0.15) is 0 Å². The smallest absolute Gasteiger partial charge is 0.151 e. The summed E-state index contributed by atoms with van der Waals surface area (Å²) >= 11 is 5.63. The van der Waals surface area contributed by atoms with Gasteiger partial charge in [0.05, 0.1) is 0 Å². The van der Waals surface area contributed by atoms with Gasteiger partial charge in [-0.25, -0.2) is 0 Å². The van der Waals surface area contributed by atoms with Gasteiger partial charge in [-0.3, -0.25) is 0 Å². The summed E-state index contributed by atoms with van der Waals surface area (Å²) in [7, 11) is 0. The van der Waals surface area contributed by atoms with Crippen LogP contribution in [0.3, 0.4) is 0 Å². The molecule has 0 aromatic carbocycles. The van der Waals surface area contributed by atoms with Crippen LogP contribution in [-0.4, -0.2) is 16.2 Å². The van der Waals surface area contributed by atoms with Crippen LogP contribution in [0.25, 0.3) is 0 Å². The van der Waals surface area contributed by atoms with E-state index >= 15 is 0 Å². The van der Waals surface area contributed by atoms with Gasteiger partial charge in [-0.1, -0.05) is 31.4 Å². The Kier molecular flexibility index (Phi) is 4.66. The molecule has 0 aliphatic carbocycles. The average Bonchev–Trinajstić information content (AvgIpc) is 2.18. The second-order valence-corrected chi connectivity index (χ2v) is 3.82. The SMILES string of the molecule is CCCCC(C)Nc1ccc(Cl)nn1. The van der Waals surface area contributed by atoms with Gasteiger partial charge in [0.1, 0.15) is 5.82 Å². The highest BCUT2D eigenvalue weighted by Gasteiger charge is 2.02. The summed E-state index contributed by atoms with van der Waals surface area (Å²) in [5.74, 6) is 0.790. The molecule has 1 heterocycles. The van der Waals surface area contributed by atoms with Gasteiger partial charge in [0, 0.05) is 6.04 Å². The largest absolute Gasteiger partial charge is 0.366 e. The highest BCUT2D eigenvalue weighted by molar-refractivity contribution is 6.29. The summed E-state index contributed by atoms with van der Waals surface area (Å²) in [6.07, 6.45) is 3.61. The third-order valence-electron chi connectivity index (χ3n) is 2.02. The molecule has 3 nitrogen and oxygen atoms in total. The number of hydrogen-bond acceptors (Lipinski definition) is 3. The van der Waals surface area contributed by atoms with Crippen LogP contribution in [0.5, 0.6) is 0 Å². The first kappa shape index (κ1) is 11.2. The number of anilines is 1. The Hall–Kier alpha value is -0.830. The standard InChI is InChI=1S/C10H16ClN3/c1-3-4-5-8(2)12-10-7-6-9(11)13-14-10/h6-8H,3-5H2,1-2H3,(H,12,14). The van der Waals surface area contributed by atoms with Crippen molar-refractivity contribution >= 4 is 17.4 Å². The molecule has 1 atom stereocenters. The van der Waals surface area contributed by atoms with Gasteiger partial charge in [-0.15, -0.1) is 10.2 Å². The topological polar surface area (TPSA) is 37.8 Å². The predicted molar refractivity (Wildman–Crippen MR) is 59.7 cm³/mol. The molecule has 0 aliphatic rings. The molecule has 1 unspecified atom stereocenters.